The number of anilines is 1. The molecule has 0 saturated heterocycles. The van der Waals surface area contributed by atoms with E-state index in [2.05, 4.69) is 20.4 Å². The van der Waals surface area contributed by atoms with Gasteiger partial charge in [0.15, 0.2) is 0 Å². The predicted octanol–water partition coefficient (Wildman–Crippen LogP) is 2.75. The minimum Gasteiger partial charge on any atom is -0.324 e. The molecule has 4 heterocycles. The van der Waals surface area contributed by atoms with Gasteiger partial charge >= 0.3 is 6.18 Å². The van der Waals surface area contributed by atoms with Crippen molar-refractivity contribution in [2.75, 3.05) is 5.32 Å². The summed E-state index contributed by atoms with van der Waals surface area (Å²) in [6, 6.07) is 0. The number of imidazole rings is 1. The van der Waals surface area contributed by atoms with Gasteiger partial charge in [0.25, 0.3) is 0 Å². The summed E-state index contributed by atoms with van der Waals surface area (Å²) in [5, 5.41) is 9.39. The maximum absolute atomic E-state index is 12.9. The lowest BCUT2D eigenvalue weighted by Gasteiger charge is -2.24. The van der Waals surface area contributed by atoms with E-state index in [0.29, 0.717) is 22.9 Å². The van der Waals surface area contributed by atoms with Gasteiger partial charge < -0.3 is 9.88 Å². The lowest BCUT2D eigenvalue weighted by atomic mass is 9.95. The smallest absolute Gasteiger partial charge is 0.324 e. The fraction of sp³-hybridized carbons (Fsp3) is 0.333. The molecule has 1 N–H and O–H groups in total. The largest absolute Gasteiger partial charge is 0.449 e. The number of fused-ring (bicyclic) bond motifs is 1. The number of aromatic nitrogens is 5. The molecule has 0 fully saturated rings. The van der Waals surface area contributed by atoms with Gasteiger partial charge in [0, 0.05) is 42.4 Å². The van der Waals surface area contributed by atoms with Crippen molar-refractivity contribution in [1.29, 1.82) is 0 Å². The molecule has 3 aromatic heterocycles. The molecule has 1 amide bonds. The highest BCUT2D eigenvalue weighted by Crippen LogP contribution is 2.32. The molecule has 0 radical (unpaired) electrons. The second kappa shape index (κ2) is 6.24. The minimum absolute atomic E-state index is 0.112. The predicted molar refractivity (Wildman–Crippen MR) is 86.9 cm³/mol. The van der Waals surface area contributed by atoms with Crippen molar-refractivity contribution < 1.29 is 18.0 Å². The van der Waals surface area contributed by atoms with Gasteiger partial charge in [-0.05, 0) is 6.42 Å². The first-order chi connectivity index (χ1) is 12.4. The van der Waals surface area contributed by atoms with Crippen LogP contribution < -0.4 is 5.32 Å². The number of nitrogens with zero attached hydrogens (tertiary/aromatic N) is 5. The maximum atomic E-state index is 12.9. The molecule has 1 aliphatic rings. The molecule has 3 aromatic rings. The van der Waals surface area contributed by atoms with E-state index in [1.54, 1.807) is 17.1 Å². The van der Waals surface area contributed by atoms with Crippen LogP contribution in [0.15, 0.2) is 30.2 Å². The summed E-state index contributed by atoms with van der Waals surface area (Å²) in [5.41, 5.74) is 0.933. The van der Waals surface area contributed by atoms with Crippen LogP contribution >= 0.6 is 11.3 Å². The molecule has 1 aliphatic heterocycles. The summed E-state index contributed by atoms with van der Waals surface area (Å²) in [4.78, 5) is 20.1. The lowest BCUT2D eigenvalue weighted by molar-refractivity contribution is -0.147. The molecule has 1 atom stereocenters. The average molecular weight is 382 g/mol. The van der Waals surface area contributed by atoms with Crippen molar-refractivity contribution in [3.05, 3.63) is 41.7 Å². The van der Waals surface area contributed by atoms with E-state index < -0.39 is 17.9 Å². The first-order valence-electron chi connectivity index (χ1n) is 7.79. The Bertz CT molecular complexity index is 930. The van der Waals surface area contributed by atoms with Gasteiger partial charge in [-0.15, -0.1) is 11.3 Å². The number of hydrogen-bond acceptors (Lipinski definition) is 5. The van der Waals surface area contributed by atoms with Crippen molar-refractivity contribution in [3.8, 4) is 5.13 Å². The summed E-state index contributed by atoms with van der Waals surface area (Å²) < 4.78 is 41.4. The third-order valence-electron chi connectivity index (χ3n) is 4.18. The topological polar surface area (TPSA) is 77.6 Å². The Hall–Kier alpha value is -2.69. The summed E-state index contributed by atoms with van der Waals surface area (Å²) in [5.74, 6) is -1.57. The Morgan fingerprint density at radius 1 is 1.31 bits per heavy atom. The van der Waals surface area contributed by atoms with E-state index in [9.17, 15) is 18.0 Å². The highest BCUT2D eigenvalue weighted by atomic mass is 32.1. The quantitative estimate of drug-likeness (QED) is 0.756. The summed E-state index contributed by atoms with van der Waals surface area (Å²) in [6.45, 7) is 0.112. The number of carbonyl (C=O) groups is 1. The van der Waals surface area contributed by atoms with Crippen LogP contribution in [0.5, 0.6) is 0 Å². The molecule has 26 heavy (non-hydrogen) atoms. The van der Waals surface area contributed by atoms with Crippen LogP contribution in [0.2, 0.25) is 0 Å². The summed E-state index contributed by atoms with van der Waals surface area (Å²) >= 11 is 1.41. The van der Waals surface area contributed by atoms with Gasteiger partial charge in [0.1, 0.15) is 0 Å². The highest BCUT2D eigenvalue weighted by molar-refractivity contribution is 7.12. The highest BCUT2D eigenvalue weighted by Gasteiger charge is 2.39. The second-order valence-corrected chi connectivity index (χ2v) is 6.76. The molecule has 0 saturated carbocycles. The molecule has 0 aromatic carbocycles. The van der Waals surface area contributed by atoms with E-state index >= 15 is 0 Å². The number of carbonyl (C=O) groups excluding carboxylic acids is 1. The van der Waals surface area contributed by atoms with Gasteiger partial charge in [-0.25, -0.2) is 14.6 Å². The van der Waals surface area contributed by atoms with Crippen LogP contribution in [0.1, 0.15) is 17.9 Å². The zero-order valence-corrected chi connectivity index (χ0v) is 14.1. The van der Waals surface area contributed by atoms with Crippen LogP contribution in [0, 0.1) is 5.92 Å². The van der Waals surface area contributed by atoms with E-state index in [-0.39, 0.29) is 18.9 Å². The molecule has 4 rings (SSSR count). The lowest BCUT2D eigenvalue weighted by Crippen LogP contribution is -2.31. The molecular weight excluding hydrogens is 369 g/mol. The molecular formula is C15H13F3N6OS. The Morgan fingerprint density at radius 3 is 2.88 bits per heavy atom. The Kier molecular flexibility index (Phi) is 4.02. The average Bonchev–Trinajstić information content (AvgIpc) is 3.33. The fourth-order valence-corrected chi connectivity index (χ4v) is 3.55. The third-order valence-corrected chi connectivity index (χ3v) is 4.95. The number of hydrogen-bond donors (Lipinski definition) is 1. The van der Waals surface area contributed by atoms with E-state index in [0.717, 1.165) is 4.57 Å². The monoisotopic (exact) mass is 382 g/mol. The van der Waals surface area contributed by atoms with Crippen LogP contribution in [-0.4, -0.2) is 30.2 Å². The third kappa shape index (κ3) is 3.09. The molecule has 0 aliphatic carbocycles. The number of rotatable bonds is 3. The number of nitrogens with one attached hydrogen (secondary N) is 1. The number of halogens is 3. The molecule has 11 heteroatoms. The van der Waals surface area contributed by atoms with Gasteiger partial charge in [-0.1, -0.05) is 0 Å². The molecule has 0 spiro atoms. The maximum Gasteiger partial charge on any atom is 0.449 e. The van der Waals surface area contributed by atoms with E-state index in [1.165, 1.54) is 23.7 Å². The molecule has 136 valence electrons. The number of thiazole rings is 1. The van der Waals surface area contributed by atoms with E-state index in [1.807, 2.05) is 5.38 Å². The first kappa shape index (κ1) is 16.8. The molecule has 0 bridgehead atoms. The SMILES string of the molecule is O=C(Nc1cnn(-c2nccs2)c1)[C@H]1CCn2c(cnc2C(F)(F)F)C1. The first-order valence-corrected chi connectivity index (χ1v) is 8.67. The zero-order valence-electron chi connectivity index (χ0n) is 13.3. The normalized spacial score (nSPS) is 17.1. The Balaban J connectivity index is 1.44. The van der Waals surface area contributed by atoms with Crippen LogP contribution in [-0.2, 0) is 23.9 Å². The van der Waals surface area contributed by atoms with Crippen molar-refractivity contribution in [1.82, 2.24) is 24.3 Å². The second-order valence-electron chi connectivity index (χ2n) is 5.89. The Morgan fingerprint density at radius 2 is 2.15 bits per heavy atom. The molecule has 0 unspecified atom stereocenters. The fourth-order valence-electron chi connectivity index (χ4n) is 2.98. The van der Waals surface area contributed by atoms with Gasteiger partial charge in [-0.3, -0.25) is 4.79 Å². The van der Waals surface area contributed by atoms with Gasteiger partial charge in [0.2, 0.25) is 16.9 Å². The molecule has 7 nitrogen and oxygen atoms in total. The van der Waals surface area contributed by atoms with Crippen LogP contribution in [0.4, 0.5) is 18.9 Å². The van der Waals surface area contributed by atoms with Gasteiger partial charge in [-0.2, -0.15) is 18.3 Å². The zero-order chi connectivity index (χ0) is 18.3. The minimum atomic E-state index is -4.49. The van der Waals surface area contributed by atoms with Gasteiger partial charge in [0.05, 0.1) is 18.1 Å². The van der Waals surface area contributed by atoms with E-state index in [4.69, 9.17) is 0 Å². The number of alkyl halides is 3. The van der Waals surface area contributed by atoms with Crippen molar-refractivity contribution in [3.63, 3.8) is 0 Å². The summed E-state index contributed by atoms with van der Waals surface area (Å²) in [7, 11) is 0. The Labute approximate surface area is 149 Å². The van der Waals surface area contributed by atoms with Crippen molar-refractivity contribution in [2.24, 2.45) is 5.92 Å². The van der Waals surface area contributed by atoms with Crippen LogP contribution in [0.3, 0.4) is 0 Å². The van der Waals surface area contributed by atoms with Crippen LogP contribution in [0.25, 0.3) is 5.13 Å². The van der Waals surface area contributed by atoms with Crippen molar-refractivity contribution in [2.45, 2.75) is 25.6 Å². The number of amides is 1. The van der Waals surface area contributed by atoms with Crippen molar-refractivity contribution >= 4 is 22.9 Å². The summed E-state index contributed by atoms with van der Waals surface area (Å²) in [6.07, 6.45) is 2.05. The standard InChI is InChI=1S/C15H13F3N6OS/c16-15(17,18)13-20-7-11-5-9(1-3-23(11)13)12(25)22-10-6-21-24(8-10)14-19-2-4-26-14/h2,4,6-9H,1,3,5H2,(H,22,25)/t9-/m0/s1.